The molecular formula is C20H15Br2N3O6. The Balaban J connectivity index is 1.55. The van der Waals surface area contributed by atoms with Gasteiger partial charge < -0.3 is 13.9 Å². The van der Waals surface area contributed by atoms with Gasteiger partial charge in [-0.1, -0.05) is 15.9 Å². The van der Waals surface area contributed by atoms with Crippen LogP contribution in [0.5, 0.6) is 11.5 Å². The van der Waals surface area contributed by atoms with Crippen LogP contribution in [0, 0.1) is 10.1 Å². The number of nitrogens with zero attached hydrogens (tertiary/aromatic N) is 2. The third kappa shape index (κ3) is 5.92. The molecule has 9 nitrogen and oxygen atoms in total. The van der Waals surface area contributed by atoms with Crippen LogP contribution in [0.3, 0.4) is 0 Å². The van der Waals surface area contributed by atoms with Crippen molar-refractivity contribution in [3.8, 4) is 22.8 Å². The van der Waals surface area contributed by atoms with Crippen molar-refractivity contribution in [3.05, 3.63) is 73.4 Å². The number of carbonyl (C=O) groups is 1. The normalized spacial score (nSPS) is 10.8. The van der Waals surface area contributed by atoms with Gasteiger partial charge in [0.05, 0.1) is 22.7 Å². The van der Waals surface area contributed by atoms with Gasteiger partial charge in [-0.3, -0.25) is 14.9 Å². The lowest BCUT2D eigenvalue weighted by molar-refractivity contribution is -0.384. The Morgan fingerprint density at radius 2 is 1.97 bits per heavy atom. The van der Waals surface area contributed by atoms with Crippen LogP contribution in [0.1, 0.15) is 5.76 Å². The number of nitro groups is 1. The Bertz CT molecular complexity index is 1130. The molecule has 0 atom stereocenters. The summed E-state index contributed by atoms with van der Waals surface area (Å²) < 4.78 is 17.8. The molecule has 0 radical (unpaired) electrons. The molecule has 31 heavy (non-hydrogen) atoms. The molecule has 1 amide bonds. The van der Waals surface area contributed by atoms with Gasteiger partial charge in [-0.25, -0.2) is 5.43 Å². The van der Waals surface area contributed by atoms with E-state index in [9.17, 15) is 14.9 Å². The Morgan fingerprint density at radius 3 is 2.65 bits per heavy atom. The van der Waals surface area contributed by atoms with E-state index in [0.29, 0.717) is 33.1 Å². The Labute approximate surface area is 193 Å². The number of hydrogen-bond donors (Lipinski definition) is 1. The standard InChI is InChI=1S/C20H15Br2N3O6/c1-29-18-9-13(21)8-16(22)20(18)30-11-19(26)24-23-10-15-6-7-17(31-15)12-2-4-14(5-3-12)25(27)28/h2-10H,11H2,1H3,(H,24,26)/b23-10-. The number of halogens is 2. The number of hydrazone groups is 1. The quantitative estimate of drug-likeness (QED) is 0.241. The van der Waals surface area contributed by atoms with Crippen molar-refractivity contribution in [2.45, 2.75) is 0 Å². The first-order valence-electron chi connectivity index (χ1n) is 8.70. The van der Waals surface area contributed by atoms with E-state index < -0.39 is 10.8 Å². The number of ether oxygens (including phenoxy) is 2. The highest BCUT2D eigenvalue weighted by Crippen LogP contribution is 2.38. The number of nitrogens with one attached hydrogen (secondary N) is 1. The average molecular weight is 553 g/mol. The zero-order valence-electron chi connectivity index (χ0n) is 16.0. The number of furan rings is 1. The summed E-state index contributed by atoms with van der Waals surface area (Å²) in [5.41, 5.74) is 3.02. The molecule has 0 saturated heterocycles. The van der Waals surface area contributed by atoms with Gasteiger partial charge >= 0.3 is 0 Å². The third-order valence-electron chi connectivity index (χ3n) is 3.91. The number of benzene rings is 2. The monoisotopic (exact) mass is 551 g/mol. The van der Waals surface area contributed by atoms with E-state index in [2.05, 4.69) is 42.4 Å². The number of non-ortho nitro benzene ring substituents is 1. The molecule has 1 N–H and O–H groups in total. The maximum atomic E-state index is 12.0. The SMILES string of the molecule is COc1cc(Br)cc(Br)c1OCC(=O)N/N=C\c1ccc(-c2ccc([N+](=O)[O-])cc2)o1. The number of carbonyl (C=O) groups excluding carboxylic acids is 1. The molecule has 0 bridgehead atoms. The van der Waals surface area contributed by atoms with Crippen molar-refractivity contribution in [2.24, 2.45) is 5.10 Å². The first kappa shape index (κ1) is 22.5. The Hall–Kier alpha value is -3.18. The van der Waals surface area contributed by atoms with Gasteiger partial charge in [-0.05, 0) is 52.3 Å². The molecule has 0 aliphatic rings. The summed E-state index contributed by atoms with van der Waals surface area (Å²) in [6.45, 7) is -0.278. The molecule has 3 rings (SSSR count). The van der Waals surface area contributed by atoms with Crippen LogP contribution in [0.25, 0.3) is 11.3 Å². The fraction of sp³-hybridized carbons (Fsp3) is 0.100. The topological polar surface area (TPSA) is 116 Å². The number of amides is 1. The maximum absolute atomic E-state index is 12.0. The predicted molar refractivity (Wildman–Crippen MR) is 120 cm³/mol. The molecule has 11 heteroatoms. The zero-order valence-corrected chi connectivity index (χ0v) is 19.2. The molecule has 0 unspecified atom stereocenters. The largest absolute Gasteiger partial charge is 0.493 e. The summed E-state index contributed by atoms with van der Waals surface area (Å²) in [4.78, 5) is 22.3. The highest BCUT2D eigenvalue weighted by Gasteiger charge is 2.13. The lowest BCUT2D eigenvalue weighted by Crippen LogP contribution is -2.24. The van der Waals surface area contributed by atoms with Gasteiger partial charge in [0, 0.05) is 22.2 Å². The minimum atomic E-state index is -0.477. The summed E-state index contributed by atoms with van der Waals surface area (Å²) in [6, 6.07) is 12.8. The summed E-state index contributed by atoms with van der Waals surface area (Å²) in [5, 5.41) is 14.6. The predicted octanol–water partition coefficient (Wildman–Crippen LogP) is 4.92. The second-order valence-corrected chi connectivity index (χ2v) is 7.78. The van der Waals surface area contributed by atoms with Crippen molar-refractivity contribution in [2.75, 3.05) is 13.7 Å². The summed E-state index contributed by atoms with van der Waals surface area (Å²) >= 11 is 6.71. The van der Waals surface area contributed by atoms with Crippen molar-refractivity contribution >= 4 is 49.7 Å². The first-order chi connectivity index (χ1) is 14.9. The molecular weight excluding hydrogens is 538 g/mol. The van der Waals surface area contributed by atoms with Gasteiger partial charge in [-0.2, -0.15) is 5.10 Å². The van der Waals surface area contributed by atoms with Gasteiger partial charge in [0.1, 0.15) is 11.5 Å². The van der Waals surface area contributed by atoms with E-state index in [0.717, 1.165) is 4.47 Å². The van der Waals surface area contributed by atoms with Crippen molar-refractivity contribution in [3.63, 3.8) is 0 Å². The number of methoxy groups -OCH3 is 1. The molecule has 0 fully saturated rings. The molecule has 3 aromatic rings. The van der Waals surface area contributed by atoms with Crippen LogP contribution in [-0.4, -0.2) is 30.8 Å². The molecule has 0 aliphatic carbocycles. The second kappa shape index (κ2) is 10.2. The lowest BCUT2D eigenvalue weighted by atomic mass is 10.1. The molecule has 1 aromatic heterocycles. The number of rotatable bonds is 8. The van der Waals surface area contributed by atoms with Gasteiger partial charge in [-0.15, -0.1) is 0 Å². The Morgan fingerprint density at radius 1 is 1.23 bits per heavy atom. The summed E-state index contributed by atoms with van der Waals surface area (Å²) in [7, 11) is 1.50. The van der Waals surface area contributed by atoms with E-state index in [1.165, 1.54) is 25.5 Å². The summed E-state index contributed by atoms with van der Waals surface area (Å²) in [6.07, 6.45) is 1.34. The number of hydrogen-bond acceptors (Lipinski definition) is 7. The lowest BCUT2D eigenvalue weighted by Gasteiger charge is -2.12. The molecule has 0 spiro atoms. The van der Waals surface area contributed by atoms with Gasteiger partial charge in [0.15, 0.2) is 18.1 Å². The summed E-state index contributed by atoms with van der Waals surface area (Å²) in [5.74, 6) is 1.29. The van der Waals surface area contributed by atoms with Crippen LogP contribution in [-0.2, 0) is 4.79 Å². The Kier molecular flexibility index (Phi) is 7.42. The van der Waals surface area contributed by atoms with Crippen LogP contribution in [0.4, 0.5) is 5.69 Å². The van der Waals surface area contributed by atoms with Gasteiger partial charge in [0.2, 0.25) is 0 Å². The average Bonchev–Trinajstić information content (AvgIpc) is 3.21. The van der Waals surface area contributed by atoms with Crippen LogP contribution >= 0.6 is 31.9 Å². The molecule has 160 valence electrons. The highest BCUT2D eigenvalue weighted by molar-refractivity contribution is 9.11. The maximum Gasteiger partial charge on any atom is 0.277 e. The zero-order chi connectivity index (χ0) is 22.4. The van der Waals surface area contributed by atoms with E-state index in [1.807, 2.05) is 0 Å². The molecule has 1 heterocycles. The highest BCUT2D eigenvalue weighted by atomic mass is 79.9. The van der Waals surface area contributed by atoms with Crippen molar-refractivity contribution in [1.29, 1.82) is 0 Å². The van der Waals surface area contributed by atoms with E-state index in [1.54, 1.807) is 36.4 Å². The third-order valence-corrected chi connectivity index (χ3v) is 4.96. The molecule has 0 saturated carbocycles. The van der Waals surface area contributed by atoms with Crippen LogP contribution < -0.4 is 14.9 Å². The van der Waals surface area contributed by atoms with Gasteiger partial charge in [0.25, 0.3) is 11.6 Å². The van der Waals surface area contributed by atoms with Crippen LogP contribution in [0.15, 0.2) is 67.0 Å². The van der Waals surface area contributed by atoms with Crippen molar-refractivity contribution in [1.82, 2.24) is 5.43 Å². The minimum Gasteiger partial charge on any atom is -0.493 e. The fourth-order valence-electron chi connectivity index (χ4n) is 2.49. The number of nitro benzene ring substituents is 1. The van der Waals surface area contributed by atoms with Crippen LogP contribution in [0.2, 0.25) is 0 Å². The fourth-order valence-corrected chi connectivity index (χ4v) is 3.79. The van der Waals surface area contributed by atoms with E-state index in [-0.39, 0.29) is 12.3 Å². The first-order valence-corrected chi connectivity index (χ1v) is 10.3. The molecule has 0 aliphatic heterocycles. The van der Waals surface area contributed by atoms with Crippen molar-refractivity contribution < 1.29 is 23.6 Å². The van der Waals surface area contributed by atoms with E-state index >= 15 is 0 Å². The van der Waals surface area contributed by atoms with E-state index in [4.69, 9.17) is 13.9 Å². The second-order valence-electron chi connectivity index (χ2n) is 6.01. The molecule has 2 aromatic carbocycles. The minimum absolute atomic E-state index is 0.00481. The smallest absolute Gasteiger partial charge is 0.277 e.